The van der Waals surface area contributed by atoms with Gasteiger partial charge in [-0.15, -0.1) is 11.8 Å². The van der Waals surface area contributed by atoms with Crippen LogP contribution in [0.25, 0.3) is 10.9 Å². The minimum atomic E-state index is -1.31. The fraction of sp³-hybridized carbons (Fsp3) is 0.500. The van der Waals surface area contributed by atoms with Crippen LogP contribution >= 0.6 is 11.8 Å². The molecular formula is C44H52N4O9S. The lowest BCUT2D eigenvalue weighted by Crippen LogP contribution is -2.62. The van der Waals surface area contributed by atoms with Gasteiger partial charge in [-0.25, -0.2) is 4.79 Å². The molecule has 0 amide bonds. The minimum Gasteiger partial charge on any atom is -0.504 e. The summed E-state index contributed by atoms with van der Waals surface area (Å²) in [7, 11) is 1.59. The summed E-state index contributed by atoms with van der Waals surface area (Å²) in [5, 5.41) is 26.6. The van der Waals surface area contributed by atoms with Gasteiger partial charge in [0.2, 0.25) is 6.79 Å². The number of aromatic nitrogens is 1. The van der Waals surface area contributed by atoms with E-state index in [1.165, 1.54) is 6.92 Å². The van der Waals surface area contributed by atoms with Gasteiger partial charge in [0.05, 0.1) is 25.5 Å². The van der Waals surface area contributed by atoms with Crippen LogP contribution in [0.5, 0.6) is 28.7 Å². The largest absolute Gasteiger partial charge is 0.504 e. The normalized spacial score (nSPS) is 28.1. The molecule has 6 aliphatic heterocycles. The summed E-state index contributed by atoms with van der Waals surface area (Å²) in [4.78, 5) is 36.4. The molecule has 6 aliphatic rings. The van der Waals surface area contributed by atoms with Gasteiger partial charge >= 0.3 is 11.9 Å². The highest BCUT2D eigenvalue weighted by Crippen LogP contribution is 2.59. The number of hydrogen-bond acceptors (Lipinski definition) is 13. The maximum Gasteiger partial charge on any atom is 0.333 e. The molecule has 13 nitrogen and oxygen atoms in total. The van der Waals surface area contributed by atoms with Crippen LogP contribution < -0.4 is 24.3 Å². The molecule has 4 aromatic rings. The number of carbonyl (C=O) groups is 2. The second-order valence-corrected chi connectivity index (χ2v) is 17.9. The van der Waals surface area contributed by atoms with Gasteiger partial charge < -0.3 is 38.9 Å². The molecule has 0 aliphatic carbocycles. The first-order valence-corrected chi connectivity index (χ1v) is 21.2. The molecule has 6 atom stereocenters. The Morgan fingerprint density at radius 1 is 1.10 bits per heavy atom. The Morgan fingerprint density at radius 3 is 2.62 bits per heavy atom. The molecular weight excluding hydrogens is 761 g/mol. The van der Waals surface area contributed by atoms with Crippen LogP contribution in [-0.2, 0) is 32.7 Å². The average Bonchev–Trinajstić information content (AvgIpc) is 3.82. The van der Waals surface area contributed by atoms with Crippen molar-refractivity contribution in [3.63, 3.8) is 0 Å². The van der Waals surface area contributed by atoms with Crippen LogP contribution in [0.3, 0.4) is 0 Å². The Balaban J connectivity index is 1.24. The summed E-state index contributed by atoms with van der Waals surface area (Å²) in [6.07, 6.45) is 1.13. The van der Waals surface area contributed by atoms with Crippen LogP contribution in [-0.4, -0.2) is 101 Å². The lowest BCUT2D eigenvalue weighted by atomic mass is 9.81. The van der Waals surface area contributed by atoms with Crippen molar-refractivity contribution in [2.45, 2.75) is 88.8 Å². The third kappa shape index (κ3) is 5.81. The van der Waals surface area contributed by atoms with Gasteiger partial charge in [-0.3, -0.25) is 19.9 Å². The number of nitrogens with zero attached hydrogens (tertiary/aromatic N) is 2. The lowest BCUT2D eigenvalue weighted by molar-refractivity contribution is -0.156. The number of methoxy groups -OCH3 is 1. The van der Waals surface area contributed by atoms with E-state index in [0.29, 0.717) is 54.5 Å². The number of likely N-dealkylation sites (N-methyl/N-ethyl adjacent to an activating group) is 1. The van der Waals surface area contributed by atoms with Crippen LogP contribution in [0.2, 0.25) is 0 Å². The third-order valence-electron chi connectivity index (χ3n) is 13.2. The summed E-state index contributed by atoms with van der Waals surface area (Å²) < 4.78 is 30.9. The summed E-state index contributed by atoms with van der Waals surface area (Å²) in [6.45, 7) is 13.5. The molecule has 58 heavy (non-hydrogen) atoms. The number of aromatic hydroxyl groups is 1. The average molecular weight is 813 g/mol. The first-order chi connectivity index (χ1) is 27.8. The highest BCUT2D eigenvalue weighted by Gasteiger charge is 2.55. The molecule has 1 saturated heterocycles. The zero-order valence-corrected chi connectivity index (χ0v) is 34.9. The molecule has 0 saturated carbocycles. The molecule has 14 heteroatoms. The van der Waals surface area contributed by atoms with Gasteiger partial charge in [0.15, 0.2) is 28.5 Å². The smallest absolute Gasteiger partial charge is 0.333 e. The zero-order chi connectivity index (χ0) is 40.8. The number of fused-ring (bicyclic) bond motifs is 9. The maximum atomic E-state index is 15.1. The fourth-order valence-corrected chi connectivity index (χ4v) is 12.1. The maximum absolute atomic E-state index is 15.1. The molecule has 4 N–H and O–H groups in total. The number of benzene rings is 3. The van der Waals surface area contributed by atoms with E-state index in [1.807, 2.05) is 38.1 Å². The Labute approximate surface area is 342 Å². The van der Waals surface area contributed by atoms with Gasteiger partial charge in [-0.2, -0.15) is 0 Å². The number of nitrogens with one attached hydrogen (secondary N) is 2. The number of aliphatic hydroxyl groups is 1. The number of para-hydroxylation sites is 1. The van der Waals surface area contributed by atoms with E-state index >= 15 is 4.79 Å². The van der Waals surface area contributed by atoms with Crippen molar-refractivity contribution in [3.05, 3.63) is 75.0 Å². The van der Waals surface area contributed by atoms with Gasteiger partial charge in [-0.05, 0) is 69.8 Å². The van der Waals surface area contributed by atoms with E-state index in [1.54, 1.807) is 18.9 Å². The first kappa shape index (κ1) is 39.0. The quantitative estimate of drug-likeness (QED) is 0.145. The number of aromatic amines is 1. The third-order valence-corrected chi connectivity index (χ3v) is 14.6. The van der Waals surface area contributed by atoms with Crippen molar-refractivity contribution < 1.29 is 43.5 Å². The number of ether oxygens (including phenoxy) is 5. The molecule has 3 aromatic carbocycles. The van der Waals surface area contributed by atoms with Crippen LogP contribution in [0, 0.1) is 13.8 Å². The van der Waals surface area contributed by atoms with Crippen molar-refractivity contribution in [1.29, 1.82) is 0 Å². The van der Waals surface area contributed by atoms with E-state index in [4.69, 9.17) is 23.7 Å². The number of aryl methyl sites for hydroxylation is 1. The van der Waals surface area contributed by atoms with Crippen molar-refractivity contribution >= 4 is 34.6 Å². The van der Waals surface area contributed by atoms with Crippen molar-refractivity contribution in [2.24, 2.45) is 0 Å². The van der Waals surface area contributed by atoms with Crippen LogP contribution in [0.1, 0.15) is 89.7 Å². The molecule has 1 fully saturated rings. The number of carbonyl (C=O) groups excluding carboxylic acids is 2. The molecule has 7 heterocycles. The van der Waals surface area contributed by atoms with E-state index in [0.717, 1.165) is 56.5 Å². The molecule has 0 radical (unpaired) electrons. The van der Waals surface area contributed by atoms with Crippen molar-refractivity contribution in [3.8, 4) is 28.7 Å². The number of aliphatic hydroxyl groups excluding tert-OH is 1. The highest BCUT2D eigenvalue weighted by molar-refractivity contribution is 7.99. The monoisotopic (exact) mass is 812 g/mol. The summed E-state index contributed by atoms with van der Waals surface area (Å²) in [6, 6.07) is 9.08. The summed E-state index contributed by atoms with van der Waals surface area (Å²) in [5.41, 5.74) is 5.80. The Bertz CT molecular complexity index is 2350. The number of hydrogen-bond donors (Lipinski definition) is 4. The van der Waals surface area contributed by atoms with Gasteiger partial charge in [-0.1, -0.05) is 31.2 Å². The molecule has 1 spiro atoms. The second kappa shape index (κ2) is 14.4. The number of phenolic OH excluding ortho intramolecular Hbond substituents is 1. The number of rotatable bonds is 5. The molecule has 10 rings (SSSR count). The topological polar surface area (TPSA) is 155 Å². The highest BCUT2D eigenvalue weighted by atomic mass is 32.2. The summed E-state index contributed by atoms with van der Waals surface area (Å²) in [5.74, 6) is 1.54. The molecule has 308 valence electrons. The van der Waals surface area contributed by atoms with Crippen molar-refractivity contribution in [1.82, 2.24) is 20.1 Å². The SMILES string of the molecule is CCN1C[C@](C)(N2C[C@@H]3SC[C@]4(N[C@@H](CO)Cc5c4[nH]c4ccccc54)C(=O)OC[C@H]2c2c4c(c(C)c(OC(C)=O)c23)OCO4)Cc2cc(C)c(OC)c(O)c2[C@@H]1C. The zero-order valence-electron chi connectivity index (χ0n) is 34.1. The Morgan fingerprint density at radius 2 is 1.88 bits per heavy atom. The van der Waals surface area contributed by atoms with Crippen LogP contribution in [0.4, 0.5) is 0 Å². The molecule has 0 unspecified atom stereocenters. The minimum absolute atomic E-state index is 0.00134. The number of thioether (sulfide) groups is 1. The number of esters is 2. The van der Waals surface area contributed by atoms with Crippen molar-refractivity contribution in [2.75, 3.05) is 52.5 Å². The van der Waals surface area contributed by atoms with E-state index < -0.39 is 29.1 Å². The fourth-order valence-electron chi connectivity index (χ4n) is 10.7. The van der Waals surface area contributed by atoms with Gasteiger partial charge in [0, 0.05) is 81.8 Å². The van der Waals surface area contributed by atoms with E-state index in [9.17, 15) is 15.0 Å². The Hall–Kier alpha value is -4.47. The predicted molar refractivity (Wildman–Crippen MR) is 219 cm³/mol. The van der Waals surface area contributed by atoms with Gasteiger partial charge in [0.25, 0.3) is 0 Å². The summed E-state index contributed by atoms with van der Waals surface area (Å²) >= 11 is 1.60. The van der Waals surface area contributed by atoms with Crippen LogP contribution in [0.15, 0.2) is 30.3 Å². The van der Waals surface area contributed by atoms with Gasteiger partial charge in [0.1, 0.15) is 12.4 Å². The first-order valence-electron chi connectivity index (χ1n) is 20.2. The predicted octanol–water partition coefficient (Wildman–Crippen LogP) is 5.64. The van der Waals surface area contributed by atoms with E-state index in [-0.39, 0.29) is 48.8 Å². The molecule has 2 bridgehead atoms. The standard InChI is InChI=1S/C44H52N4O9S/c1-8-47-19-43(6,15-26-13-22(2)37(53-7)36(51)33(26)24(47)4)48-16-32-35-34(40-39(55-21-56-40)23(3)38(35)57-25(5)50)31(48)18-54-42(52)44(20-58-32)41-29(14-27(17-49)46-44)28-11-9-10-12-30(28)45-41/h9-13,24,27,31-32,45-46,49,51H,8,14-21H2,1-7H3/t24-,27+,31-,32-,43+,44+/m0/s1. The lowest BCUT2D eigenvalue weighted by Gasteiger charge is -2.53. The number of phenols is 1. The molecule has 1 aromatic heterocycles. The Kier molecular flexibility index (Phi) is 9.66. The van der Waals surface area contributed by atoms with E-state index in [2.05, 4.69) is 46.9 Å². The second-order valence-electron chi connectivity index (χ2n) is 16.7. The number of H-pyrrole nitrogens is 1.